The number of non-ortho nitro benzene ring substituents is 1. The fraction of sp³-hybridized carbons (Fsp3) is 0.353. The largest absolute Gasteiger partial charge is 0.432 e. The molecule has 5 N–H and O–H groups in total. The normalized spacial score (nSPS) is 21.7. The van der Waals surface area contributed by atoms with Gasteiger partial charge in [-0.3, -0.25) is 24.4 Å². The van der Waals surface area contributed by atoms with Crippen molar-refractivity contribution in [3.05, 3.63) is 105 Å². The summed E-state index contributed by atoms with van der Waals surface area (Å²) in [5.41, 5.74) is 7.36. The van der Waals surface area contributed by atoms with Crippen LogP contribution >= 0.6 is 0 Å². The number of aliphatic hydroxyl groups is 1. The summed E-state index contributed by atoms with van der Waals surface area (Å²) in [7, 11) is -2.98. The van der Waals surface area contributed by atoms with E-state index in [-0.39, 0.29) is 30.7 Å². The van der Waals surface area contributed by atoms with Gasteiger partial charge in [0.15, 0.2) is 13.9 Å². The van der Waals surface area contributed by atoms with E-state index in [9.17, 15) is 29.6 Å². The number of aryl methyl sites for hydroxylation is 1. The molecule has 2 aliphatic rings. The van der Waals surface area contributed by atoms with E-state index in [1.165, 1.54) is 12.1 Å². The molecule has 49 heavy (non-hydrogen) atoms. The second-order valence-corrected chi connectivity index (χ2v) is 17.2. The molecule has 0 saturated carbocycles. The maximum Gasteiger partial charge on any atom is 0.269 e. The Labute approximate surface area is 283 Å². The lowest BCUT2D eigenvalue weighted by Gasteiger charge is -2.32. The second kappa shape index (κ2) is 13.2. The van der Waals surface area contributed by atoms with Crippen molar-refractivity contribution in [2.24, 2.45) is 5.92 Å². The molecule has 1 spiro atoms. The van der Waals surface area contributed by atoms with Crippen LogP contribution in [0.25, 0.3) is 0 Å². The first-order valence-electron chi connectivity index (χ1n) is 16.1. The van der Waals surface area contributed by atoms with E-state index >= 15 is 0 Å². The molecule has 15 heteroatoms. The molecule has 3 heterocycles. The molecule has 1 fully saturated rings. The number of aliphatic hydroxyl groups excluding tert-OH is 1. The zero-order chi connectivity index (χ0) is 35.1. The van der Waals surface area contributed by atoms with Crippen LogP contribution < -0.4 is 16.0 Å². The van der Waals surface area contributed by atoms with Crippen molar-refractivity contribution in [2.45, 2.75) is 63.2 Å². The number of nitro benzene ring substituents is 1. The summed E-state index contributed by atoms with van der Waals surface area (Å²) < 4.78 is 8.45. The van der Waals surface area contributed by atoms with Crippen LogP contribution in [0.3, 0.4) is 0 Å². The predicted molar refractivity (Wildman–Crippen MR) is 184 cm³/mol. The molecule has 0 bridgehead atoms. The molecule has 1 aromatic heterocycles. The minimum absolute atomic E-state index is 0.0520. The van der Waals surface area contributed by atoms with E-state index in [1.54, 1.807) is 64.3 Å². The van der Waals surface area contributed by atoms with Crippen LogP contribution in [0.2, 0.25) is 18.6 Å². The third-order valence-corrected chi connectivity index (χ3v) is 12.0. The molecule has 0 aliphatic carbocycles. The number of anilines is 3. The quantitative estimate of drug-likeness (QED) is 0.0775. The Hall–Kier alpha value is -4.96. The van der Waals surface area contributed by atoms with Gasteiger partial charge < -0.3 is 30.6 Å². The van der Waals surface area contributed by atoms with Crippen LogP contribution in [0, 0.1) is 16.0 Å². The third-order valence-electron chi connectivity index (χ3n) is 9.47. The fourth-order valence-electron chi connectivity index (χ4n) is 7.31. The number of benzene rings is 3. The number of rotatable bonds is 11. The van der Waals surface area contributed by atoms with Gasteiger partial charge in [0.25, 0.3) is 17.5 Å². The van der Waals surface area contributed by atoms with Gasteiger partial charge in [0.05, 0.1) is 29.0 Å². The Morgan fingerprint density at radius 1 is 1.16 bits per heavy atom. The Morgan fingerprint density at radius 2 is 1.92 bits per heavy atom. The van der Waals surface area contributed by atoms with E-state index in [4.69, 9.17) is 10.5 Å². The van der Waals surface area contributed by atoms with Gasteiger partial charge >= 0.3 is 0 Å². The van der Waals surface area contributed by atoms with Crippen LogP contribution in [0.15, 0.2) is 72.9 Å². The number of aromatic nitrogens is 3. The van der Waals surface area contributed by atoms with E-state index in [1.807, 2.05) is 26.1 Å². The van der Waals surface area contributed by atoms with Gasteiger partial charge in [-0.05, 0) is 67.5 Å². The number of hydrogen-bond donors (Lipinski definition) is 4. The summed E-state index contributed by atoms with van der Waals surface area (Å²) in [5.74, 6) is -1.21. The van der Waals surface area contributed by atoms with E-state index in [2.05, 4.69) is 15.6 Å². The van der Waals surface area contributed by atoms with Crippen LogP contribution in [0.5, 0.6) is 0 Å². The summed E-state index contributed by atoms with van der Waals surface area (Å²) in [6, 6.07) is 18.0. The first-order chi connectivity index (χ1) is 23.3. The van der Waals surface area contributed by atoms with Gasteiger partial charge in [0.1, 0.15) is 0 Å². The van der Waals surface area contributed by atoms with Crippen molar-refractivity contribution in [1.29, 1.82) is 0 Å². The highest BCUT2D eigenvalue weighted by molar-refractivity contribution is 6.71. The maximum atomic E-state index is 14.8. The number of amides is 2. The third kappa shape index (κ3) is 6.45. The molecule has 0 unspecified atom stereocenters. The predicted octanol–water partition coefficient (Wildman–Crippen LogP) is 3.99. The topological polar surface area (TPSA) is 199 Å². The molecule has 2 aliphatic heterocycles. The number of ether oxygens (including phenoxy) is 1. The first-order valence-corrected chi connectivity index (χ1v) is 19.1. The zero-order valence-corrected chi connectivity index (χ0v) is 28.4. The zero-order valence-electron chi connectivity index (χ0n) is 27.4. The van der Waals surface area contributed by atoms with Crippen molar-refractivity contribution in [3.63, 3.8) is 0 Å². The lowest BCUT2D eigenvalue weighted by atomic mass is 9.82. The Bertz CT molecular complexity index is 1890. The Balaban J connectivity index is 1.32. The van der Waals surface area contributed by atoms with Crippen LogP contribution in [0.4, 0.5) is 22.7 Å². The molecule has 3 aromatic carbocycles. The average Bonchev–Trinajstić information content (AvgIpc) is 3.70. The molecule has 6 rings (SSSR count). The number of nitrogens with zero attached hydrogens (tertiary/aromatic N) is 5. The SMILES string of the molecule is C[C@@H]1[C@@H]([Si](C)(C)O)[C@H](CCn2cc(CCO)nn2)O[C@@]12C(=O)N(Cc1cccc(NC(=O)c3ccc(N)cc3)c1)c1ccc([N+](=O)[O-])cc12. The van der Waals surface area contributed by atoms with Crippen molar-refractivity contribution < 1.29 is 29.2 Å². The van der Waals surface area contributed by atoms with Gasteiger partial charge in [-0.1, -0.05) is 24.3 Å². The van der Waals surface area contributed by atoms with Crippen molar-refractivity contribution in [2.75, 3.05) is 22.6 Å². The van der Waals surface area contributed by atoms with Crippen molar-refractivity contribution >= 4 is 42.9 Å². The monoisotopic (exact) mass is 685 g/mol. The Morgan fingerprint density at radius 3 is 2.61 bits per heavy atom. The number of nitrogens with two attached hydrogens (primary N) is 1. The number of carbonyl (C=O) groups excluding carboxylic acids is 2. The highest BCUT2D eigenvalue weighted by atomic mass is 28.4. The molecule has 14 nitrogen and oxygen atoms in total. The highest BCUT2D eigenvalue weighted by Gasteiger charge is 2.66. The molecular formula is C34H39N7O7Si. The minimum atomic E-state index is -2.98. The summed E-state index contributed by atoms with van der Waals surface area (Å²) in [4.78, 5) is 52.2. The van der Waals surface area contributed by atoms with Gasteiger partial charge in [-0.25, -0.2) is 0 Å². The number of nitrogen functional groups attached to an aromatic ring is 1. The lowest BCUT2D eigenvalue weighted by molar-refractivity contribution is -0.385. The van der Waals surface area contributed by atoms with E-state index in [0.717, 1.165) is 0 Å². The number of carbonyl (C=O) groups is 2. The first kappa shape index (κ1) is 33.9. The summed E-state index contributed by atoms with van der Waals surface area (Å²) in [6.07, 6.45) is 1.96. The Kier molecular flexibility index (Phi) is 9.11. The molecule has 4 atom stereocenters. The number of hydrogen-bond acceptors (Lipinski definition) is 10. The summed E-state index contributed by atoms with van der Waals surface area (Å²) in [5, 5.41) is 32.3. The van der Waals surface area contributed by atoms with E-state index in [0.29, 0.717) is 58.8 Å². The van der Waals surface area contributed by atoms with Gasteiger partial charge in [-0.2, -0.15) is 0 Å². The van der Waals surface area contributed by atoms with Gasteiger partial charge in [-0.15, -0.1) is 5.10 Å². The van der Waals surface area contributed by atoms with E-state index < -0.39 is 36.4 Å². The van der Waals surface area contributed by atoms with Crippen LogP contribution in [0.1, 0.15) is 40.5 Å². The summed E-state index contributed by atoms with van der Waals surface area (Å²) >= 11 is 0. The average molecular weight is 686 g/mol. The standard InChI is InChI=1S/C34H39N7O7Si/c1-21-31(49(2,3)47)30(13-15-39-20-26(14-16-42)37-38-39)48-34(21)28-18-27(41(45)46)11-12-29(28)40(33(34)44)19-22-5-4-6-25(17-22)36-32(43)23-7-9-24(35)10-8-23/h4-12,17-18,20-21,30-31,42,47H,13-16,19,35H2,1-3H3,(H,36,43)/t21-,30+,31-,34+/m1/s1. The lowest BCUT2D eigenvalue weighted by Crippen LogP contribution is -2.46. The summed E-state index contributed by atoms with van der Waals surface area (Å²) in [6.45, 7) is 5.95. The highest BCUT2D eigenvalue weighted by Crippen LogP contribution is 2.60. The van der Waals surface area contributed by atoms with Crippen LogP contribution in [-0.4, -0.2) is 62.7 Å². The van der Waals surface area contributed by atoms with Gasteiger partial charge in [0.2, 0.25) is 0 Å². The van der Waals surface area contributed by atoms with Crippen molar-refractivity contribution in [1.82, 2.24) is 15.0 Å². The number of fused-ring (bicyclic) bond motifs is 2. The molecular weight excluding hydrogens is 647 g/mol. The van der Waals surface area contributed by atoms with Crippen LogP contribution in [-0.2, 0) is 34.6 Å². The van der Waals surface area contributed by atoms with Crippen molar-refractivity contribution in [3.8, 4) is 0 Å². The maximum absolute atomic E-state index is 14.8. The molecule has 1 saturated heterocycles. The second-order valence-electron chi connectivity index (χ2n) is 13.2. The fourth-order valence-corrected chi connectivity index (χ4v) is 9.91. The number of nitrogens with one attached hydrogen (secondary N) is 1. The molecule has 0 radical (unpaired) electrons. The number of nitro groups is 1. The smallest absolute Gasteiger partial charge is 0.269 e. The molecule has 256 valence electrons. The minimum Gasteiger partial charge on any atom is -0.432 e. The van der Waals surface area contributed by atoms with Gasteiger partial charge in [0, 0.05) is 71.9 Å². The molecule has 4 aromatic rings. The molecule has 2 amide bonds.